The van der Waals surface area contributed by atoms with Crippen molar-refractivity contribution in [2.75, 3.05) is 0 Å². The Morgan fingerprint density at radius 2 is 2.24 bits per heavy atom. The summed E-state index contributed by atoms with van der Waals surface area (Å²) in [6.45, 7) is 2.98. The highest BCUT2D eigenvalue weighted by atomic mass is 19.1. The van der Waals surface area contributed by atoms with E-state index >= 15 is 0 Å². The molecule has 1 aromatic rings. The van der Waals surface area contributed by atoms with E-state index in [0.717, 1.165) is 6.07 Å². The van der Waals surface area contributed by atoms with E-state index in [4.69, 9.17) is 15.8 Å². The third-order valence-electron chi connectivity index (χ3n) is 2.11. The van der Waals surface area contributed by atoms with Crippen molar-refractivity contribution in [2.45, 2.75) is 19.4 Å². The first-order chi connectivity index (χ1) is 7.90. The summed E-state index contributed by atoms with van der Waals surface area (Å²) in [4.78, 5) is 11.3. The van der Waals surface area contributed by atoms with Gasteiger partial charge in [0, 0.05) is 6.07 Å². The number of nitrogens with zero attached hydrogens (tertiary/aromatic N) is 1. The van der Waals surface area contributed by atoms with Gasteiger partial charge in [-0.1, -0.05) is 0 Å². The van der Waals surface area contributed by atoms with Crippen LogP contribution in [0.3, 0.4) is 0 Å². The van der Waals surface area contributed by atoms with Gasteiger partial charge < -0.3 is 4.74 Å². The molecule has 0 atom stereocenters. The van der Waals surface area contributed by atoms with E-state index in [-0.39, 0.29) is 11.3 Å². The van der Waals surface area contributed by atoms with Crippen molar-refractivity contribution in [3.63, 3.8) is 0 Å². The molecule has 0 aromatic heterocycles. The lowest BCUT2D eigenvalue weighted by molar-refractivity contribution is -0.134. The fourth-order valence-electron chi connectivity index (χ4n) is 1.16. The van der Waals surface area contributed by atoms with Gasteiger partial charge in [0.05, 0.1) is 5.56 Å². The number of benzene rings is 1. The second kappa shape index (κ2) is 4.80. The van der Waals surface area contributed by atoms with Crippen LogP contribution in [0.15, 0.2) is 18.2 Å². The Morgan fingerprint density at radius 3 is 2.71 bits per heavy atom. The normalized spacial score (nSPS) is 10.5. The summed E-state index contributed by atoms with van der Waals surface area (Å²) in [5.74, 6) is 3.90. The fraction of sp³-hybridized carbons (Fsp3) is 0.273. The Hall–Kier alpha value is -2.13. The molecule has 1 amide bonds. The molecule has 0 radical (unpaired) electrons. The fourth-order valence-corrected chi connectivity index (χ4v) is 1.16. The summed E-state index contributed by atoms with van der Waals surface area (Å²) in [5.41, 5.74) is 0.641. The van der Waals surface area contributed by atoms with Gasteiger partial charge in [0.1, 0.15) is 17.6 Å². The van der Waals surface area contributed by atoms with Crippen LogP contribution in [-0.4, -0.2) is 11.5 Å². The molecule has 0 fully saturated rings. The predicted molar refractivity (Wildman–Crippen MR) is 58.2 cm³/mol. The van der Waals surface area contributed by atoms with Gasteiger partial charge in [-0.2, -0.15) is 5.26 Å². The lowest BCUT2D eigenvalue weighted by Crippen LogP contribution is -2.49. The molecule has 3 N–H and O–H groups in total. The topological polar surface area (TPSA) is 88.1 Å². The van der Waals surface area contributed by atoms with E-state index < -0.39 is 17.3 Å². The maximum absolute atomic E-state index is 13.3. The van der Waals surface area contributed by atoms with Gasteiger partial charge in [0.15, 0.2) is 5.60 Å². The first-order valence-corrected chi connectivity index (χ1v) is 4.80. The molecule has 0 saturated carbocycles. The summed E-state index contributed by atoms with van der Waals surface area (Å²) in [6.07, 6.45) is 0. The van der Waals surface area contributed by atoms with Crippen LogP contribution in [0.4, 0.5) is 4.39 Å². The number of hydrogen-bond donors (Lipinski definition) is 2. The zero-order valence-corrected chi connectivity index (χ0v) is 9.45. The molecule has 0 heterocycles. The van der Waals surface area contributed by atoms with E-state index in [1.54, 1.807) is 6.07 Å². The highest BCUT2D eigenvalue weighted by Gasteiger charge is 2.29. The maximum Gasteiger partial charge on any atom is 0.277 e. The second-order valence-corrected chi connectivity index (χ2v) is 3.84. The summed E-state index contributed by atoms with van der Waals surface area (Å²) < 4.78 is 18.6. The molecule has 5 nitrogen and oxygen atoms in total. The lowest BCUT2D eigenvalue weighted by atomic mass is 10.1. The largest absolute Gasteiger partial charge is 0.478 e. The van der Waals surface area contributed by atoms with Crippen LogP contribution in [0.25, 0.3) is 0 Å². The standard InChI is InChI=1S/C11H12FN3O2/c1-11(2,10(16)15-14)17-8-4-3-7(6-13)9(12)5-8/h3-5H,14H2,1-2H3,(H,15,16). The minimum absolute atomic E-state index is 0.0848. The molecule has 0 spiro atoms. The van der Waals surface area contributed by atoms with Gasteiger partial charge in [-0.25, -0.2) is 10.2 Å². The summed E-state index contributed by atoms with van der Waals surface area (Å²) in [5, 5.41) is 8.56. The van der Waals surface area contributed by atoms with E-state index in [0.29, 0.717) is 0 Å². The molecule has 0 unspecified atom stereocenters. The Labute approximate surface area is 97.9 Å². The van der Waals surface area contributed by atoms with E-state index in [1.807, 2.05) is 5.43 Å². The van der Waals surface area contributed by atoms with Crippen LogP contribution in [0.5, 0.6) is 5.75 Å². The molecule has 1 rings (SSSR count). The molecule has 0 bridgehead atoms. The molecule has 17 heavy (non-hydrogen) atoms. The quantitative estimate of drug-likeness (QED) is 0.463. The van der Waals surface area contributed by atoms with Crippen LogP contribution >= 0.6 is 0 Å². The zero-order valence-electron chi connectivity index (χ0n) is 9.45. The zero-order chi connectivity index (χ0) is 13.1. The van der Waals surface area contributed by atoms with Crippen molar-refractivity contribution >= 4 is 5.91 Å². The Bertz CT molecular complexity index is 480. The van der Waals surface area contributed by atoms with Gasteiger partial charge in [-0.05, 0) is 26.0 Å². The molecule has 6 heteroatoms. The highest BCUT2D eigenvalue weighted by Crippen LogP contribution is 2.21. The molecule has 0 aliphatic carbocycles. The number of amides is 1. The number of nitriles is 1. The lowest BCUT2D eigenvalue weighted by Gasteiger charge is -2.24. The van der Waals surface area contributed by atoms with E-state index in [9.17, 15) is 9.18 Å². The van der Waals surface area contributed by atoms with Gasteiger partial charge >= 0.3 is 0 Å². The smallest absolute Gasteiger partial charge is 0.277 e. The number of halogens is 1. The first-order valence-electron chi connectivity index (χ1n) is 4.80. The minimum Gasteiger partial charge on any atom is -0.478 e. The van der Waals surface area contributed by atoms with Crippen LogP contribution in [0.1, 0.15) is 19.4 Å². The molecular formula is C11H12FN3O2. The number of hydrazine groups is 1. The monoisotopic (exact) mass is 237 g/mol. The summed E-state index contributed by atoms with van der Waals surface area (Å²) in [7, 11) is 0. The Balaban J connectivity index is 2.94. The second-order valence-electron chi connectivity index (χ2n) is 3.84. The number of nitrogens with two attached hydrogens (primary N) is 1. The molecule has 0 aliphatic rings. The number of hydrogen-bond acceptors (Lipinski definition) is 4. The number of nitrogens with one attached hydrogen (secondary N) is 1. The molecule has 1 aromatic carbocycles. The van der Waals surface area contributed by atoms with Crippen molar-refractivity contribution in [2.24, 2.45) is 5.84 Å². The van der Waals surface area contributed by atoms with E-state index in [1.165, 1.54) is 26.0 Å². The van der Waals surface area contributed by atoms with Crippen LogP contribution in [-0.2, 0) is 4.79 Å². The molecule has 0 saturated heterocycles. The van der Waals surface area contributed by atoms with Crippen molar-refractivity contribution < 1.29 is 13.9 Å². The summed E-state index contributed by atoms with van der Waals surface area (Å²) >= 11 is 0. The van der Waals surface area contributed by atoms with Gasteiger partial charge in [-0.15, -0.1) is 0 Å². The average Bonchev–Trinajstić information content (AvgIpc) is 2.27. The SMILES string of the molecule is CC(C)(Oc1ccc(C#N)c(F)c1)C(=O)NN. The predicted octanol–water partition coefficient (Wildman–Crippen LogP) is 0.845. The summed E-state index contributed by atoms with van der Waals surface area (Å²) in [6, 6.07) is 5.42. The number of ether oxygens (including phenoxy) is 1. The van der Waals surface area contributed by atoms with Crippen molar-refractivity contribution in [1.82, 2.24) is 5.43 Å². The Kier molecular flexibility index (Phi) is 3.66. The molecule has 90 valence electrons. The van der Waals surface area contributed by atoms with E-state index in [2.05, 4.69) is 0 Å². The first kappa shape index (κ1) is 12.9. The number of carbonyl (C=O) groups is 1. The van der Waals surface area contributed by atoms with Gasteiger partial charge in [-0.3, -0.25) is 10.2 Å². The maximum atomic E-state index is 13.3. The molecular weight excluding hydrogens is 225 g/mol. The third-order valence-corrected chi connectivity index (χ3v) is 2.11. The molecule has 0 aliphatic heterocycles. The van der Waals surface area contributed by atoms with Crippen molar-refractivity contribution in [3.8, 4) is 11.8 Å². The average molecular weight is 237 g/mol. The van der Waals surface area contributed by atoms with Crippen LogP contribution in [0.2, 0.25) is 0 Å². The third kappa shape index (κ3) is 2.92. The number of rotatable bonds is 3. The van der Waals surface area contributed by atoms with Crippen molar-refractivity contribution in [3.05, 3.63) is 29.6 Å². The van der Waals surface area contributed by atoms with Crippen LogP contribution < -0.4 is 16.0 Å². The van der Waals surface area contributed by atoms with Gasteiger partial charge in [0.2, 0.25) is 0 Å². The Morgan fingerprint density at radius 1 is 1.59 bits per heavy atom. The van der Waals surface area contributed by atoms with Crippen molar-refractivity contribution in [1.29, 1.82) is 5.26 Å². The van der Waals surface area contributed by atoms with Gasteiger partial charge in [0.25, 0.3) is 5.91 Å². The number of carbonyl (C=O) groups excluding carboxylic acids is 1. The minimum atomic E-state index is -1.23. The highest BCUT2D eigenvalue weighted by molar-refractivity contribution is 5.84. The van der Waals surface area contributed by atoms with Crippen LogP contribution in [0, 0.1) is 17.1 Å².